The molecule has 1 aliphatic heterocycles. The molecule has 0 aromatic carbocycles. The molecule has 2 aromatic rings. The van der Waals surface area contributed by atoms with E-state index in [0.29, 0.717) is 6.54 Å². The van der Waals surface area contributed by atoms with Crippen molar-refractivity contribution in [3.05, 3.63) is 12.5 Å². The lowest BCUT2D eigenvalue weighted by atomic mass is 10.4. The molecule has 0 atom stereocenters. The highest BCUT2D eigenvalue weighted by molar-refractivity contribution is 14.0. The first-order valence-electron chi connectivity index (χ1n) is 8.89. The van der Waals surface area contributed by atoms with Gasteiger partial charge < -0.3 is 20.7 Å². The molecular weight excluding hydrogens is 461 g/mol. The third-order valence-electron chi connectivity index (χ3n) is 4.29. The van der Waals surface area contributed by atoms with Gasteiger partial charge in [-0.3, -0.25) is 14.6 Å². The lowest BCUT2D eigenvalue weighted by Gasteiger charge is -2.26. The number of ether oxygens (including phenoxy) is 1. The van der Waals surface area contributed by atoms with Crippen LogP contribution in [0.15, 0.2) is 17.5 Å². The average Bonchev–Trinajstić information content (AvgIpc) is 3.06. The molecule has 1 fully saturated rings. The molecule has 1 saturated heterocycles. The van der Waals surface area contributed by atoms with Crippen molar-refractivity contribution >= 4 is 46.8 Å². The number of hydrogen-bond donors (Lipinski definition) is 3. The Hall–Kier alpha value is -1.73. The van der Waals surface area contributed by atoms with Crippen LogP contribution in [0.4, 0.5) is 5.82 Å². The molecular formula is C16H28IN9O. The van der Waals surface area contributed by atoms with Gasteiger partial charge in [-0.2, -0.15) is 5.10 Å². The van der Waals surface area contributed by atoms with Crippen LogP contribution in [0.2, 0.25) is 0 Å². The van der Waals surface area contributed by atoms with Crippen molar-refractivity contribution < 1.29 is 4.74 Å². The highest BCUT2D eigenvalue weighted by atomic mass is 127. The van der Waals surface area contributed by atoms with Crippen LogP contribution in [-0.4, -0.2) is 90.1 Å². The van der Waals surface area contributed by atoms with Crippen LogP contribution in [0.3, 0.4) is 0 Å². The van der Waals surface area contributed by atoms with Crippen molar-refractivity contribution in [1.29, 1.82) is 0 Å². The average molecular weight is 489 g/mol. The minimum Gasteiger partial charge on any atom is -0.379 e. The highest BCUT2D eigenvalue weighted by Gasteiger charge is 2.10. The Morgan fingerprint density at radius 1 is 1.19 bits per heavy atom. The molecule has 0 aliphatic carbocycles. The van der Waals surface area contributed by atoms with E-state index in [1.54, 1.807) is 24.3 Å². The number of halogens is 1. The summed E-state index contributed by atoms with van der Waals surface area (Å²) in [6, 6.07) is 0. The number of fused-ring (bicyclic) bond motifs is 1. The smallest absolute Gasteiger partial charge is 0.191 e. The molecule has 1 aliphatic rings. The van der Waals surface area contributed by atoms with Crippen molar-refractivity contribution in [2.75, 3.05) is 64.8 Å². The fourth-order valence-corrected chi connectivity index (χ4v) is 2.84. The minimum absolute atomic E-state index is 0. The number of nitrogens with zero attached hydrogens (tertiary/aromatic N) is 6. The van der Waals surface area contributed by atoms with Crippen LogP contribution in [-0.2, 0) is 11.8 Å². The fourth-order valence-electron chi connectivity index (χ4n) is 2.84. The molecule has 0 unspecified atom stereocenters. The van der Waals surface area contributed by atoms with Crippen LogP contribution >= 0.6 is 24.0 Å². The van der Waals surface area contributed by atoms with Crippen LogP contribution in [0, 0.1) is 0 Å². The predicted octanol–water partition coefficient (Wildman–Crippen LogP) is -0.110. The number of anilines is 1. The SMILES string of the molecule is CN=C(NCCNc1ncnc2c1cnn2C)NCCN1CCOCC1.I. The number of nitrogens with one attached hydrogen (secondary N) is 3. The number of rotatable bonds is 7. The van der Waals surface area contributed by atoms with Gasteiger partial charge >= 0.3 is 0 Å². The molecule has 27 heavy (non-hydrogen) atoms. The summed E-state index contributed by atoms with van der Waals surface area (Å²) in [6.45, 7) is 6.93. The van der Waals surface area contributed by atoms with Gasteiger partial charge in [0, 0.05) is 53.4 Å². The van der Waals surface area contributed by atoms with E-state index in [2.05, 4.69) is 40.9 Å². The topological polar surface area (TPSA) is 105 Å². The van der Waals surface area contributed by atoms with Crippen molar-refractivity contribution in [3.8, 4) is 0 Å². The molecule has 0 amide bonds. The van der Waals surface area contributed by atoms with Gasteiger partial charge in [0.1, 0.15) is 12.1 Å². The lowest BCUT2D eigenvalue weighted by molar-refractivity contribution is 0.0389. The van der Waals surface area contributed by atoms with Gasteiger partial charge in [-0.15, -0.1) is 24.0 Å². The highest BCUT2D eigenvalue weighted by Crippen LogP contribution is 2.16. The second-order valence-electron chi connectivity index (χ2n) is 6.03. The summed E-state index contributed by atoms with van der Waals surface area (Å²) in [6.07, 6.45) is 3.32. The Morgan fingerprint density at radius 2 is 1.96 bits per heavy atom. The summed E-state index contributed by atoms with van der Waals surface area (Å²) >= 11 is 0. The maximum atomic E-state index is 5.36. The van der Waals surface area contributed by atoms with Gasteiger partial charge in [0.05, 0.1) is 24.8 Å². The Morgan fingerprint density at radius 3 is 2.74 bits per heavy atom. The normalized spacial score (nSPS) is 15.4. The summed E-state index contributed by atoms with van der Waals surface area (Å²) in [5, 5.41) is 15.1. The Labute approximate surface area is 176 Å². The lowest BCUT2D eigenvalue weighted by Crippen LogP contribution is -2.45. The molecule has 0 radical (unpaired) electrons. The molecule has 0 bridgehead atoms. The molecule has 3 rings (SSSR count). The number of aliphatic imine (C=N–C) groups is 1. The number of guanidine groups is 1. The van der Waals surface area contributed by atoms with Crippen LogP contribution in [0.25, 0.3) is 11.0 Å². The molecule has 0 spiro atoms. The van der Waals surface area contributed by atoms with Crippen LogP contribution < -0.4 is 16.0 Å². The van der Waals surface area contributed by atoms with Gasteiger partial charge in [0.25, 0.3) is 0 Å². The number of hydrogen-bond acceptors (Lipinski definition) is 7. The van der Waals surface area contributed by atoms with E-state index in [4.69, 9.17) is 4.74 Å². The van der Waals surface area contributed by atoms with E-state index in [9.17, 15) is 0 Å². The summed E-state index contributed by atoms with van der Waals surface area (Å²) in [5.41, 5.74) is 0.816. The zero-order valence-electron chi connectivity index (χ0n) is 15.8. The van der Waals surface area contributed by atoms with Gasteiger partial charge in [0.15, 0.2) is 11.6 Å². The minimum atomic E-state index is 0. The van der Waals surface area contributed by atoms with Gasteiger partial charge in [-0.25, -0.2) is 9.97 Å². The van der Waals surface area contributed by atoms with E-state index >= 15 is 0 Å². The first-order chi connectivity index (χ1) is 12.8. The van der Waals surface area contributed by atoms with Crippen LogP contribution in [0.5, 0.6) is 0 Å². The van der Waals surface area contributed by atoms with Crippen LogP contribution in [0.1, 0.15) is 0 Å². The second kappa shape index (κ2) is 11.2. The number of aryl methyl sites for hydroxylation is 1. The fraction of sp³-hybridized carbons (Fsp3) is 0.625. The number of aromatic nitrogens is 4. The maximum absolute atomic E-state index is 5.36. The molecule has 11 heteroatoms. The molecule has 150 valence electrons. The molecule has 10 nitrogen and oxygen atoms in total. The van der Waals surface area contributed by atoms with E-state index < -0.39 is 0 Å². The van der Waals surface area contributed by atoms with Gasteiger partial charge in [0.2, 0.25) is 0 Å². The zero-order valence-corrected chi connectivity index (χ0v) is 18.1. The second-order valence-corrected chi connectivity index (χ2v) is 6.03. The van der Waals surface area contributed by atoms with Gasteiger partial charge in [-0.05, 0) is 0 Å². The Balaban J connectivity index is 0.00000261. The first kappa shape index (κ1) is 21.6. The van der Waals surface area contributed by atoms with E-state index in [-0.39, 0.29) is 24.0 Å². The van der Waals surface area contributed by atoms with Crippen molar-refractivity contribution in [2.24, 2.45) is 12.0 Å². The monoisotopic (exact) mass is 489 g/mol. The van der Waals surface area contributed by atoms with Crippen molar-refractivity contribution in [3.63, 3.8) is 0 Å². The zero-order chi connectivity index (χ0) is 18.2. The Bertz CT molecular complexity index is 730. The van der Waals surface area contributed by atoms with E-state index in [1.165, 1.54) is 0 Å². The summed E-state index contributed by atoms with van der Waals surface area (Å²) in [4.78, 5) is 15.2. The molecule has 2 aromatic heterocycles. The maximum Gasteiger partial charge on any atom is 0.191 e. The van der Waals surface area contributed by atoms with Gasteiger partial charge in [-0.1, -0.05) is 0 Å². The first-order valence-corrected chi connectivity index (χ1v) is 8.89. The summed E-state index contributed by atoms with van der Waals surface area (Å²) in [5.74, 6) is 1.59. The molecule has 0 saturated carbocycles. The largest absolute Gasteiger partial charge is 0.379 e. The number of morpholine rings is 1. The van der Waals surface area contributed by atoms with E-state index in [1.807, 2.05) is 7.05 Å². The predicted molar refractivity (Wildman–Crippen MR) is 117 cm³/mol. The third kappa shape index (κ3) is 6.14. The standard InChI is InChI=1S/C16H27N9O.HI/c1-17-16(20-5-6-25-7-9-26-10-8-25)19-4-3-18-14-13-11-23-24(2)15(13)22-12-21-14;/h11-12H,3-10H2,1-2H3,(H2,17,19,20)(H,18,21,22);1H. The summed E-state index contributed by atoms with van der Waals surface area (Å²) < 4.78 is 7.10. The van der Waals surface area contributed by atoms with Crippen molar-refractivity contribution in [1.82, 2.24) is 35.3 Å². The molecule has 3 heterocycles. The molecule has 3 N–H and O–H groups in total. The Kier molecular flexibility index (Phi) is 8.94. The van der Waals surface area contributed by atoms with E-state index in [0.717, 1.165) is 68.7 Å². The third-order valence-corrected chi connectivity index (χ3v) is 4.29. The summed E-state index contributed by atoms with van der Waals surface area (Å²) in [7, 11) is 3.65. The quantitative estimate of drug-likeness (QED) is 0.214. The van der Waals surface area contributed by atoms with Crippen molar-refractivity contribution in [2.45, 2.75) is 0 Å².